The Kier molecular flexibility index (Phi) is 6.12. The molecule has 8 heteroatoms. The molecule has 2 unspecified atom stereocenters. The first-order valence-electron chi connectivity index (χ1n) is 11.7. The van der Waals surface area contributed by atoms with Gasteiger partial charge in [0.05, 0.1) is 5.56 Å². The van der Waals surface area contributed by atoms with Gasteiger partial charge in [-0.05, 0) is 64.0 Å². The number of piperidine rings is 1. The van der Waals surface area contributed by atoms with Crippen LogP contribution in [-0.2, 0) is 4.74 Å². The van der Waals surface area contributed by atoms with Gasteiger partial charge in [0.1, 0.15) is 11.4 Å². The molecule has 3 heterocycles. The highest BCUT2D eigenvalue weighted by Gasteiger charge is 2.45. The molecule has 0 radical (unpaired) electrons. The Morgan fingerprint density at radius 1 is 1.18 bits per heavy atom. The average Bonchev–Trinajstić information content (AvgIpc) is 3.30. The van der Waals surface area contributed by atoms with E-state index in [1.54, 1.807) is 18.5 Å². The summed E-state index contributed by atoms with van der Waals surface area (Å²) in [6, 6.07) is 5.32. The lowest BCUT2D eigenvalue weighted by atomic mass is 9.98. The summed E-state index contributed by atoms with van der Waals surface area (Å²) in [5.74, 6) is 0.700. The molecule has 2 amide bonds. The smallest absolute Gasteiger partial charge is 0.410 e. The summed E-state index contributed by atoms with van der Waals surface area (Å²) in [7, 11) is 0. The highest BCUT2D eigenvalue weighted by molar-refractivity contribution is 5.83. The number of hydrogen-bond acceptors (Lipinski definition) is 5. The van der Waals surface area contributed by atoms with Gasteiger partial charge in [-0.1, -0.05) is 26.0 Å². The van der Waals surface area contributed by atoms with E-state index in [-0.39, 0.29) is 41.9 Å². The number of imidazole rings is 1. The lowest BCUT2D eigenvalue weighted by Gasteiger charge is -2.39. The Labute approximate surface area is 194 Å². The van der Waals surface area contributed by atoms with Crippen molar-refractivity contribution in [2.24, 2.45) is 0 Å². The number of hydrogen-bond donors (Lipinski definition) is 2. The van der Waals surface area contributed by atoms with Crippen molar-refractivity contribution in [1.82, 2.24) is 19.8 Å². The van der Waals surface area contributed by atoms with Crippen molar-refractivity contribution in [3.05, 3.63) is 36.2 Å². The van der Waals surface area contributed by atoms with Crippen LogP contribution in [0.1, 0.15) is 71.8 Å². The minimum absolute atomic E-state index is 0.0421. The maximum Gasteiger partial charge on any atom is 0.410 e. The molecule has 2 bridgehead atoms. The number of nitrogens with zero attached hydrogens (tertiary/aromatic N) is 3. The third-order valence-electron chi connectivity index (χ3n) is 6.45. The molecule has 0 spiro atoms. The zero-order valence-electron chi connectivity index (χ0n) is 20.0. The highest BCUT2D eigenvalue weighted by Crippen LogP contribution is 2.37. The molecule has 1 aromatic heterocycles. The number of carbonyl (C=O) groups is 2. The Hall–Kier alpha value is -3.03. The predicted octanol–water partition coefficient (Wildman–Crippen LogP) is 4.87. The van der Waals surface area contributed by atoms with Crippen molar-refractivity contribution < 1.29 is 19.4 Å². The van der Waals surface area contributed by atoms with Crippen LogP contribution in [0.4, 0.5) is 9.59 Å². The highest BCUT2D eigenvalue weighted by atomic mass is 16.6. The van der Waals surface area contributed by atoms with Gasteiger partial charge in [0.2, 0.25) is 0 Å². The number of carbonyl (C=O) groups excluding carboxylic acids is 2. The van der Waals surface area contributed by atoms with E-state index >= 15 is 0 Å². The molecule has 4 rings (SSSR count). The number of aromatic hydroxyl groups is 1. The van der Waals surface area contributed by atoms with Crippen LogP contribution in [0.15, 0.2) is 30.6 Å². The summed E-state index contributed by atoms with van der Waals surface area (Å²) < 4.78 is 7.04. The minimum Gasteiger partial charge on any atom is -0.507 e. The van der Waals surface area contributed by atoms with Crippen molar-refractivity contribution in [3.8, 4) is 17.1 Å². The van der Waals surface area contributed by atoms with Crippen LogP contribution in [0.5, 0.6) is 5.75 Å². The molecular weight excluding hydrogens is 420 g/mol. The maximum absolute atomic E-state index is 13.2. The predicted molar refractivity (Wildman–Crippen MR) is 125 cm³/mol. The Morgan fingerprint density at radius 2 is 1.85 bits per heavy atom. The van der Waals surface area contributed by atoms with E-state index in [2.05, 4.69) is 10.3 Å². The quantitative estimate of drug-likeness (QED) is 0.690. The Morgan fingerprint density at radius 3 is 2.45 bits per heavy atom. The van der Waals surface area contributed by atoms with Gasteiger partial charge in [-0.2, -0.15) is 0 Å². The second-order valence-electron chi connectivity index (χ2n) is 10.4. The van der Waals surface area contributed by atoms with Gasteiger partial charge in [-0.3, -0.25) is 4.57 Å². The van der Waals surface area contributed by atoms with Crippen LogP contribution in [0.25, 0.3) is 11.4 Å². The van der Waals surface area contributed by atoms with E-state index in [1.807, 2.05) is 51.7 Å². The van der Waals surface area contributed by atoms with E-state index < -0.39 is 5.60 Å². The molecular formula is C25H34N4O4. The van der Waals surface area contributed by atoms with Crippen LogP contribution in [0.2, 0.25) is 0 Å². The number of ether oxygens (including phenoxy) is 1. The molecule has 2 aliphatic heterocycles. The first-order chi connectivity index (χ1) is 15.5. The van der Waals surface area contributed by atoms with Crippen LogP contribution in [0, 0.1) is 0 Å². The van der Waals surface area contributed by atoms with E-state index in [0.717, 1.165) is 18.4 Å². The second-order valence-corrected chi connectivity index (χ2v) is 10.4. The number of nitrogens with one attached hydrogen (secondary N) is 1. The number of aromatic nitrogens is 2. The zero-order valence-corrected chi connectivity index (χ0v) is 20.0. The first kappa shape index (κ1) is 23.1. The van der Waals surface area contributed by atoms with Gasteiger partial charge in [0.15, 0.2) is 5.82 Å². The molecule has 178 valence electrons. The third-order valence-corrected chi connectivity index (χ3v) is 6.45. The number of phenols is 1. The normalized spacial score (nSPS) is 22.5. The van der Waals surface area contributed by atoms with Gasteiger partial charge < -0.3 is 20.1 Å². The van der Waals surface area contributed by atoms with E-state index in [4.69, 9.17) is 4.74 Å². The summed E-state index contributed by atoms with van der Waals surface area (Å²) in [6.07, 6.45) is 6.13. The van der Waals surface area contributed by atoms with Gasteiger partial charge in [-0.15, -0.1) is 0 Å². The van der Waals surface area contributed by atoms with Crippen molar-refractivity contribution in [2.45, 2.75) is 89.9 Å². The number of phenolic OH excluding ortho intramolecular Hbond substituents is 1. The van der Waals surface area contributed by atoms with Crippen molar-refractivity contribution in [3.63, 3.8) is 0 Å². The van der Waals surface area contributed by atoms with Gasteiger partial charge in [0.25, 0.3) is 0 Å². The largest absolute Gasteiger partial charge is 0.507 e. The second kappa shape index (κ2) is 8.72. The SMILES string of the molecule is CC(C)c1cccc(-c2nccn2C(=O)NC2CC3CCC(C2)N3C(=O)OC(C)(C)C)c1O. The van der Waals surface area contributed by atoms with Crippen molar-refractivity contribution in [2.75, 3.05) is 0 Å². The van der Waals surface area contributed by atoms with Gasteiger partial charge in [0, 0.05) is 30.5 Å². The third kappa shape index (κ3) is 4.70. The fourth-order valence-corrected chi connectivity index (χ4v) is 5.03. The van der Waals surface area contributed by atoms with Gasteiger partial charge >= 0.3 is 12.1 Å². The van der Waals surface area contributed by atoms with E-state index in [0.29, 0.717) is 24.2 Å². The van der Waals surface area contributed by atoms with E-state index in [1.165, 1.54) is 4.57 Å². The lowest BCUT2D eigenvalue weighted by molar-refractivity contribution is 0.00527. The van der Waals surface area contributed by atoms with Gasteiger partial charge in [-0.25, -0.2) is 14.6 Å². The lowest BCUT2D eigenvalue weighted by Crippen LogP contribution is -2.53. The standard InChI is InChI=1S/C25H34N4O4/c1-15(2)19-7-6-8-20(21(19)30)22-26-11-12-28(22)23(31)27-16-13-17-9-10-18(14-16)29(17)24(32)33-25(3,4)5/h6-8,11-12,15-18,30H,9-10,13-14H2,1-5H3,(H,27,31). The fourth-order valence-electron chi connectivity index (χ4n) is 5.03. The van der Waals surface area contributed by atoms with Crippen LogP contribution >= 0.6 is 0 Å². The Bertz CT molecular complexity index is 1030. The molecule has 2 N–H and O–H groups in total. The molecule has 1 aromatic carbocycles. The number of benzene rings is 1. The summed E-state index contributed by atoms with van der Waals surface area (Å²) >= 11 is 0. The molecule has 2 atom stereocenters. The van der Waals surface area contributed by atoms with Crippen molar-refractivity contribution in [1.29, 1.82) is 0 Å². The Balaban J connectivity index is 1.47. The molecule has 2 aromatic rings. The summed E-state index contributed by atoms with van der Waals surface area (Å²) in [5, 5.41) is 13.9. The topological polar surface area (TPSA) is 96.7 Å². The van der Waals surface area contributed by atoms with Crippen molar-refractivity contribution >= 4 is 12.1 Å². The molecule has 2 saturated heterocycles. The monoisotopic (exact) mass is 454 g/mol. The molecule has 0 aliphatic carbocycles. The van der Waals surface area contributed by atoms with Crippen LogP contribution < -0.4 is 5.32 Å². The summed E-state index contributed by atoms with van der Waals surface area (Å²) in [4.78, 5) is 32.1. The zero-order chi connectivity index (χ0) is 23.9. The van der Waals surface area contributed by atoms with Crippen LogP contribution in [0.3, 0.4) is 0 Å². The van der Waals surface area contributed by atoms with Crippen LogP contribution in [-0.4, -0.2) is 55.4 Å². The minimum atomic E-state index is -0.530. The molecule has 8 nitrogen and oxygen atoms in total. The summed E-state index contributed by atoms with van der Waals surface area (Å²) in [6.45, 7) is 9.64. The van der Waals surface area contributed by atoms with E-state index in [9.17, 15) is 14.7 Å². The first-order valence-corrected chi connectivity index (χ1v) is 11.7. The number of para-hydroxylation sites is 1. The molecule has 2 fully saturated rings. The fraction of sp³-hybridized carbons (Fsp3) is 0.560. The summed E-state index contributed by atoms with van der Waals surface area (Å²) in [5.41, 5.74) is 0.812. The number of amides is 2. The maximum atomic E-state index is 13.2. The number of fused-ring (bicyclic) bond motifs is 2. The molecule has 0 saturated carbocycles. The molecule has 2 aliphatic rings. The molecule has 33 heavy (non-hydrogen) atoms. The number of rotatable bonds is 3. The average molecular weight is 455 g/mol.